The molecule has 0 atom stereocenters. The van der Waals surface area contributed by atoms with E-state index in [0.717, 1.165) is 6.42 Å². The summed E-state index contributed by atoms with van der Waals surface area (Å²) in [5.41, 5.74) is 0.463. The van der Waals surface area contributed by atoms with Crippen LogP contribution in [0.1, 0.15) is 26.7 Å². The maximum absolute atomic E-state index is 11.1. The van der Waals surface area contributed by atoms with Crippen LogP contribution in [0.15, 0.2) is 59.9 Å². The molecular weight excluding hydrogens is 242 g/mol. The van der Waals surface area contributed by atoms with Crippen molar-refractivity contribution >= 4 is 5.91 Å². The van der Waals surface area contributed by atoms with Crippen molar-refractivity contribution in [3.63, 3.8) is 0 Å². The lowest BCUT2D eigenvalue weighted by atomic mass is 10.1. The molecule has 0 spiro atoms. The highest BCUT2D eigenvalue weighted by Gasteiger charge is 2.12. The zero-order chi connectivity index (χ0) is 14.3. The first-order chi connectivity index (χ1) is 9.08. The van der Waals surface area contributed by atoms with Gasteiger partial charge in [0, 0.05) is 13.3 Å². The normalized spacial score (nSPS) is 16.3. The summed E-state index contributed by atoms with van der Waals surface area (Å²) in [6, 6.07) is 0. The van der Waals surface area contributed by atoms with Gasteiger partial charge in [-0.25, -0.2) is 0 Å². The van der Waals surface area contributed by atoms with E-state index in [9.17, 15) is 9.90 Å². The molecule has 0 aromatic rings. The van der Waals surface area contributed by atoms with Crippen molar-refractivity contribution in [3.8, 4) is 0 Å². The predicted molar refractivity (Wildman–Crippen MR) is 75.0 cm³/mol. The van der Waals surface area contributed by atoms with Gasteiger partial charge in [-0.05, 0) is 31.6 Å². The minimum atomic E-state index is -0.210. The van der Waals surface area contributed by atoms with Gasteiger partial charge >= 0.3 is 0 Å². The first-order valence-corrected chi connectivity index (χ1v) is 6.12. The van der Waals surface area contributed by atoms with Gasteiger partial charge in [0.05, 0.1) is 5.70 Å². The average molecular weight is 261 g/mol. The Morgan fingerprint density at radius 3 is 2.84 bits per heavy atom. The molecule has 0 heterocycles. The van der Waals surface area contributed by atoms with Crippen molar-refractivity contribution in [2.75, 3.05) is 0 Å². The van der Waals surface area contributed by atoms with E-state index in [1.807, 2.05) is 13.0 Å². The SMILES string of the molecule is C=C/C(NC(C)=O)=C(\C=C/C)OC1=C(O)CCC=C1. The Bertz CT molecular complexity index is 482. The molecule has 2 N–H and O–H groups in total. The molecule has 0 bridgehead atoms. The fourth-order valence-corrected chi connectivity index (χ4v) is 1.57. The monoisotopic (exact) mass is 261 g/mol. The summed E-state index contributed by atoms with van der Waals surface area (Å²) in [6.45, 7) is 6.89. The Balaban J connectivity index is 3.06. The summed E-state index contributed by atoms with van der Waals surface area (Å²) in [4.78, 5) is 11.1. The molecule has 1 aliphatic carbocycles. The summed E-state index contributed by atoms with van der Waals surface area (Å²) in [7, 11) is 0. The van der Waals surface area contributed by atoms with E-state index in [2.05, 4.69) is 11.9 Å². The van der Waals surface area contributed by atoms with Crippen LogP contribution in [0, 0.1) is 0 Å². The molecule has 1 aliphatic rings. The summed E-state index contributed by atoms with van der Waals surface area (Å²) >= 11 is 0. The van der Waals surface area contributed by atoms with E-state index < -0.39 is 0 Å². The van der Waals surface area contributed by atoms with E-state index in [1.165, 1.54) is 13.0 Å². The Hall–Kier alpha value is -2.23. The largest absolute Gasteiger partial charge is 0.508 e. The number of allylic oxidation sites excluding steroid dienone is 6. The van der Waals surface area contributed by atoms with E-state index in [4.69, 9.17) is 4.74 Å². The molecule has 4 heteroatoms. The zero-order valence-electron chi connectivity index (χ0n) is 11.3. The summed E-state index contributed by atoms with van der Waals surface area (Å²) in [6.07, 6.45) is 9.98. The van der Waals surface area contributed by atoms with Crippen LogP contribution in [0.25, 0.3) is 0 Å². The Morgan fingerprint density at radius 2 is 2.32 bits per heavy atom. The van der Waals surface area contributed by atoms with Crippen molar-refractivity contribution in [3.05, 3.63) is 59.9 Å². The number of nitrogens with one attached hydrogen (secondary N) is 1. The number of hydrogen-bond acceptors (Lipinski definition) is 3. The van der Waals surface area contributed by atoms with Gasteiger partial charge in [0.15, 0.2) is 11.5 Å². The molecule has 0 saturated heterocycles. The van der Waals surface area contributed by atoms with Crippen molar-refractivity contribution in [1.82, 2.24) is 5.32 Å². The van der Waals surface area contributed by atoms with E-state index >= 15 is 0 Å². The van der Waals surface area contributed by atoms with Gasteiger partial charge in [-0.3, -0.25) is 4.79 Å². The third kappa shape index (κ3) is 4.50. The van der Waals surface area contributed by atoms with Crippen LogP contribution in [0.2, 0.25) is 0 Å². The van der Waals surface area contributed by atoms with Crippen LogP contribution >= 0.6 is 0 Å². The molecule has 19 heavy (non-hydrogen) atoms. The number of aliphatic hydroxyl groups is 1. The lowest BCUT2D eigenvalue weighted by molar-refractivity contribution is -0.118. The van der Waals surface area contributed by atoms with E-state index in [1.54, 1.807) is 18.2 Å². The number of carbonyl (C=O) groups excluding carboxylic acids is 1. The predicted octanol–water partition coefficient (Wildman–Crippen LogP) is 3.23. The van der Waals surface area contributed by atoms with Crippen molar-refractivity contribution in [2.24, 2.45) is 0 Å². The first-order valence-electron chi connectivity index (χ1n) is 6.12. The van der Waals surface area contributed by atoms with Crippen LogP contribution in [0.5, 0.6) is 0 Å². The molecular formula is C15H19NO3. The summed E-state index contributed by atoms with van der Waals surface area (Å²) < 4.78 is 5.65. The average Bonchev–Trinajstić information content (AvgIpc) is 2.38. The molecule has 4 nitrogen and oxygen atoms in total. The Kier molecular flexibility index (Phi) is 5.67. The lowest BCUT2D eigenvalue weighted by Crippen LogP contribution is -2.20. The highest BCUT2D eigenvalue weighted by molar-refractivity contribution is 5.75. The Labute approximate surface area is 113 Å². The molecule has 1 amide bonds. The molecule has 0 saturated carbocycles. The van der Waals surface area contributed by atoms with Crippen LogP contribution in [0.3, 0.4) is 0 Å². The van der Waals surface area contributed by atoms with Crippen LogP contribution in [-0.4, -0.2) is 11.0 Å². The highest BCUT2D eigenvalue weighted by atomic mass is 16.5. The lowest BCUT2D eigenvalue weighted by Gasteiger charge is -2.15. The minimum Gasteiger partial charge on any atom is -0.508 e. The van der Waals surface area contributed by atoms with Gasteiger partial charge in [-0.2, -0.15) is 0 Å². The smallest absolute Gasteiger partial charge is 0.221 e. The van der Waals surface area contributed by atoms with Crippen molar-refractivity contribution in [2.45, 2.75) is 26.7 Å². The quantitative estimate of drug-likeness (QED) is 0.590. The topological polar surface area (TPSA) is 58.6 Å². The zero-order valence-corrected chi connectivity index (χ0v) is 11.3. The minimum absolute atomic E-state index is 0.204. The van der Waals surface area contributed by atoms with Crippen molar-refractivity contribution < 1.29 is 14.6 Å². The molecule has 0 radical (unpaired) electrons. The molecule has 0 fully saturated rings. The molecule has 0 aromatic heterocycles. The second-order valence-electron chi connectivity index (χ2n) is 4.02. The maximum atomic E-state index is 11.1. The summed E-state index contributed by atoms with van der Waals surface area (Å²) in [5.74, 6) is 0.818. The Morgan fingerprint density at radius 1 is 1.58 bits per heavy atom. The van der Waals surface area contributed by atoms with Crippen molar-refractivity contribution in [1.29, 1.82) is 0 Å². The highest BCUT2D eigenvalue weighted by Crippen LogP contribution is 2.22. The van der Waals surface area contributed by atoms with Gasteiger partial charge in [-0.1, -0.05) is 18.7 Å². The van der Waals surface area contributed by atoms with Crippen LogP contribution < -0.4 is 5.32 Å². The number of aliphatic hydroxyl groups excluding tert-OH is 1. The molecule has 0 aromatic carbocycles. The first kappa shape index (κ1) is 14.8. The van der Waals surface area contributed by atoms with Gasteiger partial charge in [0.2, 0.25) is 5.91 Å². The molecule has 0 aliphatic heterocycles. The second-order valence-corrected chi connectivity index (χ2v) is 4.02. The standard InChI is InChI=1S/C15H19NO3/c1-4-8-14(12(5-2)16-11(3)17)19-15-10-7-6-9-13(15)18/h4-5,7-8,10,18H,2,6,9H2,1,3H3,(H,16,17)/b8-4-,14-12-. The fourth-order valence-electron chi connectivity index (χ4n) is 1.57. The van der Waals surface area contributed by atoms with Gasteiger partial charge in [-0.15, -0.1) is 0 Å². The van der Waals surface area contributed by atoms with Gasteiger partial charge < -0.3 is 15.2 Å². The number of rotatable bonds is 5. The van der Waals surface area contributed by atoms with Crippen LogP contribution in [0.4, 0.5) is 0 Å². The number of carbonyl (C=O) groups is 1. The third-order valence-corrected chi connectivity index (χ3v) is 2.42. The number of hydrogen-bond donors (Lipinski definition) is 2. The van der Waals surface area contributed by atoms with E-state index in [-0.39, 0.29) is 11.7 Å². The molecule has 0 unspecified atom stereocenters. The number of ether oxygens (including phenoxy) is 1. The summed E-state index contributed by atoms with van der Waals surface area (Å²) in [5, 5.41) is 12.4. The van der Waals surface area contributed by atoms with Gasteiger partial charge in [0.25, 0.3) is 0 Å². The van der Waals surface area contributed by atoms with Crippen LogP contribution in [-0.2, 0) is 9.53 Å². The fraction of sp³-hybridized carbons (Fsp3) is 0.267. The van der Waals surface area contributed by atoms with Gasteiger partial charge in [0.1, 0.15) is 5.76 Å². The second kappa shape index (κ2) is 7.26. The molecule has 1 rings (SSSR count). The molecule has 102 valence electrons. The third-order valence-electron chi connectivity index (χ3n) is 2.42. The van der Waals surface area contributed by atoms with E-state index in [0.29, 0.717) is 23.6 Å². The number of amides is 1. The maximum Gasteiger partial charge on any atom is 0.221 e.